The van der Waals surface area contributed by atoms with Gasteiger partial charge >= 0.3 is 0 Å². The van der Waals surface area contributed by atoms with E-state index in [9.17, 15) is 0 Å². The van der Waals surface area contributed by atoms with Crippen LogP contribution >= 0.6 is 0 Å². The van der Waals surface area contributed by atoms with Gasteiger partial charge in [0.1, 0.15) is 0 Å². The van der Waals surface area contributed by atoms with Crippen molar-refractivity contribution in [3.8, 4) is 0 Å². The highest BCUT2D eigenvalue weighted by atomic mass is 16.7. The average Bonchev–Trinajstić information content (AvgIpc) is 1.91. The van der Waals surface area contributed by atoms with Crippen molar-refractivity contribution in [1.29, 1.82) is 0 Å². The van der Waals surface area contributed by atoms with Crippen LogP contribution in [0.1, 0.15) is 13.3 Å². The van der Waals surface area contributed by atoms with Crippen molar-refractivity contribution in [3.05, 3.63) is 12.2 Å². The Morgan fingerprint density at radius 1 is 1.33 bits per heavy atom. The summed E-state index contributed by atoms with van der Waals surface area (Å²) >= 11 is 0. The standard InChI is InChI=1S/C7H12O2/c1-2-4-7-8-5-3-6-9-7/h2,4,7H,3,5-6H2,1H3/b4-2+. The summed E-state index contributed by atoms with van der Waals surface area (Å²) in [6, 6.07) is 0. The van der Waals surface area contributed by atoms with Gasteiger partial charge in [0.15, 0.2) is 6.29 Å². The Morgan fingerprint density at radius 3 is 2.56 bits per heavy atom. The van der Waals surface area contributed by atoms with Crippen molar-refractivity contribution in [2.24, 2.45) is 0 Å². The second-order valence-corrected chi connectivity index (χ2v) is 1.99. The molecule has 1 heterocycles. The molecule has 0 unspecified atom stereocenters. The van der Waals surface area contributed by atoms with Crippen molar-refractivity contribution < 1.29 is 9.47 Å². The highest BCUT2D eigenvalue weighted by Crippen LogP contribution is 2.04. The third kappa shape index (κ3) is 2.16. The Labute approximate surface area is 55.5 Å². The minimum Gasteiger partial charge on any atom is -0.349 e. The molecule has 0 aliphatic carbocycles. The molecule has 9 heavy (non-hydrogen) atoms. The molecule has 0 spiro atoms. The quantitative estimate of drug-likeness (QED) is 0.496. The lowest BCUT2D eigenvalue weighted by atomic mass is 10.4. The van der Waals surface area contributed by atoms with Crippen LogP contribution in [0.15, 0.2) is 12.2 Å². The number of hydrogen-bond acceptors (Lipinski definition) is 2. The summed E-state index contributed by atoms with van der Waals surface area (Å²) < 4.78 is 10.4. The monoisotopic (exact) mass is 128 g/mol. The van der Waals surface area contributed by atoms with Crippen LogP contribution in [0.2, 0.25) is 0 Å². The lowest BCUT2D eigenvalue weighted by Crippen LogP contribution is -2.22. The van der Waals surface area contributed by atoms with Gasteiger partial charge in [0.05, 0.1) is 13.2 Å². The van der Waals surface area contributed by atoms with Crippen LogP contribution in [-0.2, 0) is 9.47 Å². The van der Waals surface area contributed by atoms with Crippen molar-refractivity contribution in [3.63, 3.8) is 0 Å². The van der Waals surface area contributed by atoms with Gasteiger partial charge in [-0.05, 0) is 19.4 Å². The second kappa shape index (κ2) is 3.64. The molecule has 2 heteroatoms. The maximum absolute atomic E-state index is 5.21. The normalized spacial score (nSPS) is 23.2. The van der Waals surface area contributed by atoms with E-state index in [4.69, 9.17) is 9.47 Å². The molecule has 1 aliphatic heterocycles. The molecule has 0 atom stereocenters. The minimum absolute atomic E-state index is 0.0799. The van der Waals surface area contributed by atoms with Gasteiger partial charge in [-0.1, -0.05) is 6.08 Å². The SMILES string of the molecule is C/C=C/C1OCCCO1. The molecule has 0 aromatic heterocycles. The van der Waals surface area contributed by atoms with Crippen molar-refractivity contribution in [2.75, 3.05) is 13.2 Å². The van der Waals surface area contributed by atoms with E-state index in [1.54, 1.807) is 0 Å². The Kier molecular flexibility index (Phi) is 2.74. The molecule has 0 radical (unpaired) electrons. The van der Waals surface area contributed by atoms with Crippen molar-refractivity contribution >= 4 is 0 Å². The first kappa shape index (κ1) is 6.78. The number of hydrogen-bond donors (Lipinski definition) is 0. The van der Waals surface area contributed by atoms with E-state index >= 15 is 0 Å². The van der Waals surface area contributed by atoms with E-state index < -0.39 is 0 Å². The van der Waals surface area contributed by atoms with E-state index in [1.807, 2.05) is 19.1 Å². The predicted octanol–water partition coefficient (Wildman–Crippen LogP) is 1.33. The summed E-state index contributed by atoms with van der Waals surface area (Å²) in [6.07, 6.45) is 4.80. The highest BCUT2D eigenvalue weighted by molar-refractivity contribution is 4.81. The fourth-order valence-electron chi connectivity index (χ4n) is 0.774. The molecule has 2 nitrogen and oxygen atoms in total. The molecule has 1 aliphatic rings. The number of rotatable bonds is 1. The average molecular weight is 128 g/mol. The second-order valence-electron chi connectivity index (χ2n) is 1.99. The van der Waals surface area contributed by atoms with Crippen LogP contribution in [0.4, 0.5) is 0 Å². The summed E-state index contributed by atoms with van der Waals surface area (Å²) in [5.74, 6) is 0. The lowest BCUT2D eigenvalue weighted by molar-refractivity contribution is -0.149. The molecule has 0 amide bonds. The molecule has 0 aromatic carbocycles. The molecule has 0 N–H and O–H groups in total. The largest absolute Gasteiger partial charge is 0.349 e. The Bertz CT molecular complexity index is 93.1. The van der Waals surface area contributed by atoms with Gasteiger partial charge in [0.25, 0.3) is 0 Å². The Morgan fingerprint density at radius 2 is 2.00 bits per heavy atom. The van der Waals surface area contributed by atoms with E-state index in [0.717, 1.165) is 19.6 Å². The van der Waals surface area contributed by atoms with Crippen molar-refractivity contribution in [2.45, 2.75) is 19.6 Å². The van der Waals surface area contributed by atoms with Gasteiger partial charge in [-0.3, -0.25) is 0 Å². The third-order valence-electron chi connectivity index (χ3n) is 1.20. The maximum atomic E-state index is 5.21. The van der Waals surface area contributed by atoms with Crippen LogP contribution in [0.25, 0.3) is 0 Å². The fraction of sp³-hybridized carbons (Fsp3) is 0.714. The zero-order valence-electron chi connectivity index (χ0n) is 5.67. The van der Waals surface area contributed by atoms with Gasteiger partial charge < -0.3 is 9.47 Å². The first-order chi connectivity index (χ1) is 4.43. The zero-order chi connectivity index (χ0) is 6.53. The number of allylic oxidation sites excluding steroid dienone is 1. The van der Waals surface area contributed by atoms with Crippen LogP contribution < -0.4 is 0 Å². The molecule has 52 valence electrons. The maximum Gasteiger partial charge on any atom is 0.176 e. The fourth-order valence-corrected chi connectivity index (χ4v) is 0.774. The van der Waals surface area contributed by atoms with Crippen LogP contribution in [-0.4, -0.2) is 19.5 Å². The van der Waals surface area contributed by atoms with E-state index in [-0.39, 0.29) is 6.29 Å². The van der Waals surface area contributed by atoms with E-state index in [0.29, 0.717) is 0 Å². The predicted molar refractivity (Wildman–Crippen MR) is 35.1 cm³/mol. The molecule has 1 rings (SSSR count). The zero-order valence-corrected chi connectivity index (χ0v) is 5.67. The van der Waals surface area contributed by atoms with Gasteiger partial charge in [-0.2, -0.15) is 0 Å². The molecular weight excluding hydrogens is 116 g/mol. The van der Waals surface area contributed by atoms with Crippen LogP contribution in [0.5, 0.6) is 0 Å². The van der Waals surface area contributed by atoms with Gasteiger partial charge in [-0.15, -0.1) is 0 Å². The minimum atomic E-state index is -0.0799. The van der Waals surface area contributed by atoms with Gasteiger partial charge in [0.2, 0.25) is 0 Å². The molecule has 0 aromatic rings. The van der Waals surface area contributed by atoms with E-state index in [1.165, 1.54) is 0 Å². The third-order valence-corrected chi connectivity index (χ3v) is 1.20. The Balaban J connectivity index is 2.23. The van der Waals surface area contributed by atoms with Gasteiger partial charge in [-0.25, -0.2) is 0 Å². The molecular formula is C7H12O2. The first-order valence-electron chi connectivity index (χ1n) is 3.29. The Hall–Kier alpha value is -0.340. The topological polar surface area (TPSA) is 18.5 Å². The summed E-state index contributed by atoms with van der Waals surface area (Å²) in [5, 5.41) is 0. The van der Waals surface area contributed by atoms with Crippen molar-refractivity contribution in [1.82, 2.24) is 0 Å². The van der Waals surface area contributed by atoms with Crippen LogP contribution in [0, 0.1) is 0 Å². The summed E-state index contributed by atoms with van der Waals surface area (Å²) in [4.78, 5) is 0. The van der Waals surface area contributed by atoms with Crippen LogP contribution in [0.3, 0.4) is 0 Å². The summed E-state index contributed by atoms with van der Waals surface area (Å²) in [5.41, 5.74) is 0. The molecule has 1 fully saturated rings. The molecule has 1 saturated heterocycles. The summed E-state index contributed by atoms with van der Waals surface area (Å²) in [6.45, 7) is 3.62. The smallest absolute Gasteiger partial charge is 0.176 e. The lowest BCUT2D eigenvalue weighted by Gasteiger charge is -2.19. The molecule has 0 bridgehead atoms. The van der Waals surface area contributed by atoms with Gasteiger partial charge in [0, 0.05) is 0 Å². The molecule has 0 saturated carbocycles. The first-order valence-corrected chi connectivity index (χ1v) is 3.29. The summed E-state index contributed by atoms with van der Waals surface area (Å²) in [7, 11) is 0. The van der Waals surface area contributed by atoms with E-state index in [2.05, 4.69) is 0 Å². The number of ether oxygens (including phenoxy) is 2. The highest BCUT2D eigenvalue weighted by Gasteiger charge is 2.08.